The SMILES string of the molecule is COc1ccc(-c2ccc([C@H]3[C@H](CO)N4C(=O)CN(C(=O)C5CCCC5)C[C@@H]34)cc2)cc1. The Labute approximate surface area is 188 Å². The number of hydrogen-bond acceptors (Lipinski definition) is 4. The van der Waals surface area contributed by atoms with Gasteiger partial charge in [-0.05, 0) is 41.7 Å². The number of aliphatic hydroxyl groups excluding tert-OH is 1. The number of piperazine rings is 1. The van der Waals surface area contributed by atoms with Gasteiger partial charge in [-0.25, -0.2) is 0 Å². The van der Waals surface area contributed by atoms with Gasteiger partial charge in [0.2, 0.25) is 11.8 Å². The third-order valence-corrected chi connectivity index (χ3v) is 7.49. The van der Waals surface area contributed by atoms with Crippen molar-refractivity contribution in [3.05, 3.63) is 54.1 Å². The number of ether oxygens (including phenoxy) is 1. The fraction of sp³-hybridized carbons (Fsp3) is 0.462. The monoisotopic (exact) mass is 434 g/mol. The second kappa shape index (κ2) is 8.58. The number of carbonyl (C=O) groups excluding carboxylic acids is 2. The Bertz CT molecular complexity index is 982. The molecule has 1 aliphatic carbocycles. The van der Waals surface area contributed by atoms with Crippen molar-refractivity contribution in [1.29, 1.82) is 0 Å². The first-order chi connectivity index (χ1) is 15.6. The van der Waals surface area contributed by atoms with E-state index >= 15 is 0 Å². The van der Waals surface area contributed by atoms with Gasteiger partial charge in [-0.2, -0.15) is 0 Å². The highest BCUT2D eigenvalue weighted by molar-refractivity contribution is 5.88. The molecule has 2 saturated heterocycles. The molecule has 0 unspecified atom stereocenters. The largest absolute Gasteiger partial charge is 0.497 e. The van der Waals surface area contributed by atoms with Crippen molar-refractivity contribution in [2.75, 3.05) is 26.8 Å². The van der Waals surface area contributed by atoms with Crippen molar-refractivity contribution in [1.82, 2.24) is 9.80 Å². The van der Waals surface area contributed by atoms with Crippen molar-refractivity contribution < 1.29 is 19.4 Å². The van der Waals surface area contributed by atoms with Crippen LogP contribution in [0.5, 0.6) is 5.75 Å². The van der Waals surface area contributed by atoms with E-state index < -0.39 is 0 Å². The summed E-state index contributed by atoms with van der Waals surface area (Å²) in [5, 5.41) is 10.0. The van der Waals surface area contributed by atoms with Crippen LogP contribution in [-0.4, -0.2) is 65.6 Å². The molecule has 2 heterocycles. The zero-order chi connectivity index (χ0) is 22.2. The van der Waals surface area contributed by atoms with E-state index in [-0.39, 0.29) is 48.9 Å². The number of nitrogens with zero attached hydrogens (tertiary/aromatic N) is 2. The first-order valence-corrected chi connectivity index (χ1v) is 11.6. The average Bonchev–Trinajstić information content (AvgIpc) is 3.35. The van der Waals surface area contributed by atoms with Crippen LogP contribution >= 0.6 is 0 Å². The molecule has 3 fully saturated rings. The van der Waals surface area contributed by atoms with E-state index in [9.17, 15) is 14.7 Å². The van der Waals surface area contributed by atoms with Crippen LogP contribution < -0.4 is 4.74 Å². The Morgan fingerprint density at radius 3 is 2.25 bits per heavy atom. The van der Waals surface area contributed by atoms with Crippen molar-refractivity contribution in [2.24, 2.45) is 5.92 Å². The Balaban J connectivity index is 1.35. The van der Waals surface area contributed by atoms with Crippen LogP contribution in [0, 0.1) is 5.92 Å². The maximum atomic E-state index is 13.0. The smallest absolute Gasteiger partial charge is 0.242 e. The highest BCUT2D eigenvalue weighted by atomic mass is 16.5. The number of carbonyl (C=O) groups is 2. The van der Waals surface area contributed by atoms with E-state index in [0.29, 0.717) is 6.54 Å². The lowest BCUT2D eigenvalue weighted by Crippen LogP contribution is -2.73. The van der Waals surface area contributed by atoms with E-state index in [2.05, 4.69) is 24.3 Å². The van der Waals surface area contributed by atoms with Gasteiger partial charge in [0.1, 0.15) is 5.75 Å². The summed E-state index contributed by atoms with van der Waals surface area (Å²) in [4.78, 5) is 29.4. The summed E-state index contributed by atoms with van der Waals surface area (Å²) in [6.07, 6.45) is 4.08. The molecule has 5 rings (SSSR count). The number of aliphatic hydroxyl groups is 1. The summed E-state index contributed by atoms with van der Waals surface area (Å²) in [6.45, 7) is 0.637. The Morgan fingerprint density at radius 1 is 1.03 bits per heavy atom. The lowest BCUT2D eigenvalue weighted by Gasteiger charge is -2.59. The number of fused-ring (bicyclic) bond motifs is 1. The number of benzene rings is 2. The molecule has 2 amide bonds. The first-order valence-electron chi connectivity index (χ1n) is 11.6. The zero-order valence-electron chi connectivity index (χ0n) is 18.4. The second-order valence-corrected chi connectivity index (χ2v) is 9.19. The van der Waals surface area contributed by atoms with Gasteiger partial charge in [-0.1, -0.05) is 49.2 Å². The van der Waals surface area contributed by atoms with E-state index in [0.717, 1.165) is 48.1 Å². The van der Waals surface area contributed by atoms with Crippen LogP contribution in [0.4, 0.5) is 0 Å². The van der Waals surface area contributed by atoms with Gasteiger partial charge in [-0.15, -0.1) is 0 Å². The van der Waals surface area contributed by atoms with Gasteiger partial charge in [0.25, 0.3) is 0 Å². The van der Waals surface area contributed by atoms with Gasteiger partial charge in [-0.3, -0.25) is 9.59 Å². The summed E-state index contributed by atoms with van der Waals surface area (Å²) in [6, 6.07) is 16.0. The lowest BCUT2D eigenvalue weighted by atomic mass is 9.73. The van der Waals surface area contributed by atoms with E-state index in [1.165, 1.54) is 0 Å². The van der Waals surface area contributed by atoms with Crippen molar-refractivity contribution >= 4 is 11.8 Å². The van der Waals surface area contributed by atoms with Gasteiger partial charge in [0.15, 0.2) is 0 Å². The molecule has 168 valence electrons. The highest BCUT2D eigenvalue weighted by Gasteiger charge is 2.54. The minimum absolute atomic E-state index is 0.0352. The Morgan fingerprint density at radius 2 is 1.66 bits per heavy atom. The van der Waals surface area contributed by atoms with Crippen LogP contribution in [0.15, 0.2) is 48.5 Å². The zero-order valence-corrected chi connectivity index (χ0v) is 18.4. The van der Waals surface area contributed by atoms with Gasteiger partial charge in [0, 0.05) is 18.4 Å². The lowest BCUT2D eigenvalue weighted by molar-refractivity contribution is -0.168. The van der Waals surface area contributed by atoms with Crippen LogP contribution in [0.25, 0.3) is 11.1 Å². The summed E-state index contributed by atoms with van der Waals surface area (Å²) in [7, 11) is 1.65. The van der Waals surface area contributed by atoms with E-state index in [4.69, 9.17) is 4.74 Å². The number of amides is 2. The van der Waals surface area contributed by atoms with Gasteiger partial charge < -0.3 is 19.6 Å². The number of hydrogen-bond donors (Lipinski definition) is 1. The van der Waals surface area contributed by atoms with Gasteiger partial charge >= 0.3 is 0 Å². The second-order valence-electron chi connectivity index (χ2n) is 9.19. The summed E-state index contributed by atoms with van der Waals surface area (Å²) < 4.78 is 5.24. The summed E-state index contributed by atoms with van der Waals surface area (Å²) in [5.74, 6) is 1.03. The Kier molecular flexibility index (Phi) is 5.64. The fourth-order valence-electron chi connectivity index (χ4n) is 5.78. The minimum Gasteiger partial charge on any atom is -0.497 e. The van der Waals surface area contributed by atoms with Crippen LogP contribution in [0.2, 0.25) is 0 Å². The highest BCUT2D eigenvalue weighted by Crippen LogP contribution is 2.43. The number of rotatable bonds is 5. The molecule has 2 aromatic carbocycles. The normalized spacial score (nSPS) is 25.4. The van der Waals surface area contributed by atoms with Crippen molar-refractivity contribution in [2.45, 2.75) is 43.7 Å². The molecular formula is C26H30N2O4. The third-order valence-electron chi connectivity index (χ3n) is 7.49. The molecule has 1 saturated carbocycles. The van der Waals surface area contributed by atoms with Crippen molar-refractivity contribution in [3.8, 4) is 16.9 Å². The maximum Gasteiger partial charge on any atom is 0.242 e. The van der Waals surface area contributed by atoms with Crippen LogP contribution in [0.3, 0.4) is 0 Å². The summed E-state index contributed by atoms with van der Waals surface area (Å²) in [5.41, 5.74) is 3.31. The molecule has 32 heavy (non-hydrogen) atoms. The van der Waals surface area contributed by atoms with Crippen LogP contribution in [0.1, 0.15) is 37.2 Å². The molecule has 2 aliphatic heterocycles. The predicted molar refractivity (Wildman–Crippen MR) is 121 cm³/mol. The molecule has 1 N–H and O–H groups in total. The molecule has 0 spiro atoms. The molecule has 6 heteroatoms. The van der Waals surface area contributed by atoms with E-state index in [1.54, 1.807) is 16.9 Å². The number of methoxy groups -OCH3 is 1. The molecule has 3 aliphatic rings. The maximum absolute atomic E-state index is 13.0. The van der Waals surface area contributed by atoms with Gasteiger partial charge in [0.05, 0.1) is 32.3 Å². The Hall–Kier alpha value is -2.86. The fourth-order valence-corrected chi connectivity index (χ4v) is 5.78. The minimum atomic E-state index is -0.219. The standard InChI is InChI=1S/C26H30N2O4/c1-32-21-12-10-18(11-13-21)17-6-8-19(9-7-17)25-22-14-27(26(31)20-4-2-3-5-20)15-24(30)28(22)23(25)16-29/h6-13,20,22-23,25,29H,2-5,14-16H2,1H3/t22-,23-,25+/m0/s1. The average molecular weight is 435 g/mol. The topological polar surface area (TPSA) is 70.1 Å². The molecule has 6 nitrogen and oxygen atoms in total. The molecule has 2 aromatic rings. The molecule has 0 aromatic heterocycles. The predicted octanol–water partition coefficient (Wildman–Crippen LogP) is 3.05. The first kappa shape index (κ1) is 21.0. The molecule has 0 radical (unpaired) electrons. The third kappa shape index (κ3) is 3.56. The molecular weight excluding hydrogens is 404 g/mol. The van der Waals surface area contributed by atoms with Crippen molar-refractivity contribution in [3.63, 3.8) is 0 Å². The summed E-state index contributed by atoms with van der Waals surface area (Å²) >= 11 is 0. The van der Waals surface area contributed by atoms with E-state index in [1.807, 2.05) is 24.3 Å². The molecule has 0 bridgehead atoms. The van der Waals surface area contributed by atoms with Crippen LogP contribution in [-0.2, 0) is 9.59 Å². The quantitative estimate of drug-likeness (QED) is 0.785. The molecule has 3 atom stereocenters.